The summed E-state index contributed by atoms with van der Waals surface area (Å²) in [7, 11) is -3.07. The van der Waals surface area contributed by atoms with Gasteiger partial charge in [-0.2, -0.15) is 5.10 Å². The average molecular weight is 413 g/mol. The molecule has 0 aliphatic carbocycles. The van der Waals surface area contributed by atoms with Crippen molar-refractivity contribution in [3.8, 4) is 11.3 Å². The minimum atomic E-state index is -3.07. The van der Waals surface area contributed by atoms with Gasteiger partial charge in [0.05, 0.1) is 34.3 Å². The lowest BCUT2D eigenvalue weighted by molar-refractivity contribution is 0.0943. The normalized spacial score (nSPS) is 18.4. The Hall–Kier alpha value is -2.74. The van der Waals surface area contributed by atoms with Crippen molar-refractivity contribution < 1.29 is 13.2 Å². The van der Waals surface area contributed by atoms with Crippen molar-refractivity contribution in [2.75, 3.05) is 11.5 Å². The number of fused-ring (bicyclic) bond motifs is 1. The maximum absolute atomic E-state index is 13.1. The molecule has 8 heteroatoms. The second-order valence-corrected chi connectivity index (χ2v) is 10.1. The number of rotatable bonds is 4. The number of aromatic nitrogens is 3. The van der Waals surface area contributed by atoms with Gasteiger partial charge in [-0.25, -0.2) is 18.1 Å². The summed E-state index contributed by atoms with van der Waals surface area (Å²) in [6.45, 7) is 6.04. The summed E-state index contributed by atoms with van der Waals surface area (Å²) in [5.41, 5.74) is 3.84. The molecule has 1 atom stereocenters. The molecule has 0 bridgehead atoms. The number of benzene rings is 1. The molecule has 4 rings (SSSR count). The van der Waals surface area contributed by atoms with Crippen LogP contribution in [0.25, 0.3) is 22.3 Å². The third kappa shape index (κ3) is 3.89. The molecule has 29 heavy (non-hydrogen) atoms. The Morgan fingerprint density at radius 2 is 1.97 bits per heavy atom. The molecule has 1 fully saturated rings. The fraction of sp³-hybridized carbons (Fsp3) is 0.381. The lowest BCUT2D eigenvalue weighted by atomic mass is 10.0. The van der Waals surface area contributed by atoms with E-state index in [4.69, 9.17) is 4.98 Å². The number of hydrogen-bond donors (Lipinski definition) is 1. The minimum Gasteiger partial charge on any atom is -0.348 e. The van der Waals surface area contributed by atoms with E-state index in [0.717, 1.165) is 11.1 Å². The summed E-state index contributed by atoms with van der Waals surface area (Å²) in [6, 6.07) is 9.45. The molecule has 1 unspecified atom stereocenters. The second kappa shape index (κ2) is 7.26. The Balaban J connectivity index is 1.79. The first-order valence-electron chi connectivity index (χ1n) is 9.70. The van der Waals surface area contributed by atoms with Gasteiger partial charge < -0.3 is 5.32 Å². The van der Waals surface area contributed by atoms with Crippen LogP contribution in [0.3, 0.4) is 0 Å². The topological polar surface area (TPSA) is 94.0 Å². The number of amides is 1. The first kappa shape index (κ1) is 19.6. The zero-order valence-corrected chi connectivity index (χ0v) is 17.5. The van der Waals surface area contributed by atoms with Gasteiger partial charge in [0.2, 0.25) is 0 Å². The van der Waals surface area contributed by atoms with E-state index in [-0.39, 0.29) is 29.5 Å². The molecule has 3 aromatic rings. The van der Waals surface area contributed by atoms with Crippen LogP contribution in [0, 0.1) is 6.92 Å². The number of pyridine rings is 1. The Labute approximate surface area is 170 Å². The molecule has 1 aliphatic heterocycles. The molecule has 2 aromatic heterocycles. The van der Waals surface area contributed by atoms with E-state index in [1.165, 1.54) is 0 Å². The summed E-state index contributed by atoms with van der Waals surface area (Å²) in [6.07, 6.45) is 2.10. The van der Waals surface area contributed by atoms with Crippen LogP contribution in [0.15, 0.2) is 36.5 Å². The summed E-state index contributed by atoms with van der Waals surface area (Å²) in [5, 5.41) is 7.97. The molecule has 1 amide bonds. The van der Waals surface area contributed by atoms with Crippen molar-refractivity contribution in [1.29, 1.82) is 0 Å². The summed E-state index contributed by atoms with van der Waals surface area (Å²) >= 11 is 0. The lowest BCUT2D eigenvalue weighted by Crippen LogP contribution is -2.35. The molecular formula is C21H24N4O3S. The van der Waals surface area contributed by atoms with Crippen LogP contribution < -0.4 is 5.32 Å². The fourth-order valence-corrected chi connectivity index (χ4v) is 5.30. The zero-order chi connectivity index (χ0) is 20.8. The summed E-state index contributed by atoms with van der Waals surface area (Å²) in [5.74, 6) is -0.191. The predicted octanol–water partition coefficient (Wildman–Crippen LogP) is 2.90. The average Bonchev–Trinajstić information content (AvgIpc) is 3.24. The molecule has 1 N–H and O–H groups in total. The molecule has 0 radical (unpaired) electrons. The Bertz CT molecular complexity index is 1180. The van der Waals surface area contributed by atoms with Gasteiger partial charge in [-0.05, 0) is 33.3 Å². The molecule has 1 aliphatic rings. The van der Waals surface area contributed by atoms with Crippen molar-refractivity contribution in [1.82, 2.24) is 20.1 Å². The smallest absolute Gasteiger partial charge is 0.252 e. The summed E-state index contributed by atoms with van der Waals surface area (Å²) < 4.78 is 25.3. The highest BCUT2D eigenvalue weighted by Gasteiger charge is 2.30. The van der Waals surface area contributed by atoms with Crippen LogP contribution in [0.2, 0.25) is 0 Å². The number of nitrogens with one attached hydrogen (secondary N) is 1. The van der Waals surface area contributed by atoms with Gasteiger partial charge in [-0.1, -0.05) is 29.8 Å². The number of nitrogens with zero attached hydrogens (tertiary/aromatic N) is 3. The maximum atomic E-state index is 13.1. The van der Waals surface area contributed by atoms with Gasteiger partial charge in [-0.15, -0.1) is 0 Å². The highest BCUT2D eigenvalue weighted by Crippen LogP contribution is 2.27. The number of carbonyl (C=O) groups excluding carboxylic acids is 1. The van der Waals surface area contributed by atoms with Crippen LogP contribution in [0.5, 0.6) is 0 Å². The monoisotopic (exact) mass is 412 g/mol. The maximum Gasteiger partial charge on any atom is 0.252 e. The lowest BCUT2D eigenvalue weighted by Gasteiger charge is -2.13. The Morgan fingerprint density at radius 3 is 2.59 bits per heavy atom. The molecule has 3 heterocycles. The first-order chi connectivity index (χ1) is 13.7. The highest BCUT2D eigenvalue weighted by molar-refractivity contribution is 7.91. The SMILES string of the molecule is Cc1ccc(-c2cc(C(=O)NC3CCS(=O)(=O)C3)c3cnn(C(C)C)c3n2)cc1. The van der Waals surface area contributed by atoms with Gasteiger partial charge in [0, 0.05) is 17.6 Å². The highest BCUT2D eigenvalue weighted by atomic mass is 32.2. The van der Waals surface area contributed by atoms with E-state index in [0.29, 0.717) is 28.7 Å². The number of sulfone groups is 1. The van der Waals surface area contributed by atoms with Crippen molar-refractivity contribution in [2.45, 2.75) is 39.3 Å². The molecular weight excluding hydrogens is 388 g/mol. The Kier molecular flexibility index (Phi) is 4.90. The van der Waals surface area contributed by atoms with Crippen LogP contribution in [-0.4, -0.2) is 46.6 Å². The van der Waals surface area contributed by atoms with E-state index >= 15 is 0 Å². The first-order valence-corrected chi connectivity index (χ1v) is 11.5. The van der Waals surface area contributed by atoms with Gasteiger partial charge >= 0.3 is 0 Å². The molecule has 152 valence electrons. The van der Waals surface area contributed by atoms with Gasteiger partial charge in [0.15, 0.2) is 15.5 Å². The molecule has 1 aromatic carbocycles. The van der Waals surface area contributed by atoms with Crippen LogP contribution in [0.4, 0.5) is 0 Å². The van der Waals surface area contributed by atoms with E-state index in [9.17, 15) is 13.2 Å². The number of carbonyl (C=O) groups is 1. The van der Waals surface area contributed by atoms with Crippen molar-refractivity contribution >= 4 is 26.8 Å². The predicted molar refractivity (Wildman–Crippen MR) is 113 cm³/mol. The van der Waals surface area contributed by atoms with Gasteiger partial charge in [-0.3, -0.25) is 4.79 Å². The van der Waals surface area contributed by atoms with Crippen molar-refractivity contribution in [3.63, 3.8) is 0 Å². The molecule has 7 nitrogen and oxygen atoms in total. The zero-order valence-electron chi connectivity index (χ0n) is 16.7. The van der Waals surface area contributed by atoms with Crippen molar-refractivity contribution in [2.24, 2.45) is 0 Å². The number of aryl methyl sites for hydroxylation is 1. The van der Waals surface area contributed by atoms with Gasteiger partial charge in [0.1, 0.15) is 0 Å². The molecule has 0 saturated carbocycles. The van der Waals surface area contributed by atoms with Crippen molar-refractivity contribution in [3.05, 3.63) is 47.7 Å². The third-order valence-corrected chi connectivity index (χ3v) is 6.98. The van der Waals surface area contributed by atoms with Crippen LogP contribution in [-0.2, 0) is 9.84 Å². The quantitative estimate of drug-likeness (QED) is 0.711. The van der Waals surface area contributed by atoms with E-state index in [2.05, 4.69) is 10.4 Å². The van der Waals surface area contributed by atoms with Crippen LogP contribution in [0.1, 0.15) is 42.2 Å². The Morgan fingerprint density at radius 1 is 1.24 bits per heavy atom. The molecule has 0 spiro atoms. The summed E-state index contributed by atoms with van der Waals surface area (Å²) in [4.78, 5) is 17.9. The van der Waals surface area contributed by atoms with Gasteiger partial charge in [0.25, 0.3) is 5.91 Å². The third-order valence-electron chi connectivity index (χ3n) is 5.22. The van der Waals surface area contributed by atoms with E-state index < -0.39 is 9.84 Å². The largest absolute Gasteiger partial charge is 0.348 e. The molecule has 1 saturated heterocycles. The van der Waals surface area contributed by atoms with Crippen LogP contribution >= 0.6 is 0 Å². The minimum absolute atomic E-state index is 0.0109. The van der Waals surface area contributed by atoms with E-state index in [1.807, 2.05) is 45.0 Å². The standard InChI is InChI=1S/C21H24N4O3S/c1-13(2)25-20-18(11-22-25)17(21(26)23-16-8-9-29(27,28)12-16)10-19(24-20)15-6-4-14(3)5-7-15/h4-7,10-11,13,16H,8-9,12H2,1-3H3,(H,23,26). The second-order valence-electron chi connectivity index (χ2n) is 7.91. The fourth-order valence-electron chi connectivity index (χ4n) is 3.63. The number of hydrogen-bond acceptors (Lipinski definition) is 5. The van der Waals surface area contributed by atoms with E-state index in [1.54, 1.807) is 16.9 Å².